The smallest absolute Gasteiger partial charge is 0.254 e. The van der Waals surface area contributed by atoms with Gasteiger partial charge in [0.25, 0.3) is 5.91 Å². The minimum Gasteiger partial charge on any atom is -0.461 e. The highest BCUT2D eigenvalue weighted by Crippen LogP contribution is 2.17. The van der Waals surface area contributed by atoms with Crippen molar-refractivity contribution in [1.82, 2.24) is 9.97 Å². The Balaban J connectivity index is 2.47. The van der Waals surface area contributed by atoms with E-state index >= 15 is 0 Å². The number of furan rings is 1. The maximum Gasteiger partial charge on any atom is 0.254 e. The van der Waals surface area contributed by atoms with Gasteiger partial charge in [-0.3, -0.25) is 4.79 Å². The summed E-state index contributed by atoms with van der Waals surface area (Å²) in [6.07, 6.45) is 2.78. The third-order valence-electron chi connectivity index (χ3n) is 1.83. The third kappa shape index (κ3) is 1.64. The van der Waals surface area contributed by atoms with E-state index in [1.807, 2.05) is 0 Å². The Morgan fingerprint density at radius 1 is 1.47 bits per heavy atom. The first kappa shape index (κ1) is 9.20. The Morgan fingerprint density at radius 3 is 2.80 bits per heavy atom. The molecular formula is C9H8N4O2. The van der Waals surface area contributed by atoms with Crippen LogP contribution in [0.3, 0.4) is 0 Å². The number of hydrogen-bond acceptors (Lipinski definition) is 5. The summed E-state index contributed by atoms with van der Waals surface area (Å²) < 4.78 is 5.08. The number of carbonyl (C=O) groups excluding carboxylic acids is 1. The van der Waals surface area contributed by atoms with Crippen LogP contribution in [0.2, 0.25) is 0 Å². The highest BCUT2D eigenvalue weighted by atomic mass is 16.3. The average molecular weight is 204 g/mol. The molecule has 0 bridgehead atoms. The van der Waals surface area contributed by atoms with Crippen LogP contribution in [0.25, 0.3) is 11.6 Å². The van der Waals surface area contributed by atoms with Gasteiger partial charge in [-0.1, -0.05) is 0 Å². The SMILES string of the molecule is NC(=O)c1cnc(-c2ccco2)nc1N. The van der Waals surface area contributed by atoms with E-state index in [0.29, 0.717) is 11.6 Å². The number of amides is 1. The van der Waals surface area contributed by atoms with Gasteiger partial charge in [-0.2, -0.15) is 0 Å². The van der Waals surface area contributed by atoms with Crippen LogP contribution < -0.4 is 11.5 Å². The minimum atomic E-state index is -0.654. The summed E-state index contributed by atoms with van der Waals surface area (Å²) in [5.41, 5.74) is 10.7. The molecule has 2 rings (SSSR count). The van der Waals surface area contributed by atoms with Gasteiger partial charge in [0, 0.05) is 6.20 Å². The number of nitrogens with zero attached hydrogens (tertiary/aromatic N) is 2. The lowest BCUT2D eigenvalue weighted by Crippen LogP contribution is -2.15. The second-order valence-electron chi connectivity index (χ2n) is 2.83. The predicted octanol–water partition coefficient (Wildman–Crippen LogP) is 0.418. The molecular weight excluding hydrogens is 196 g/mol. The Morgan fingerprint density at radius 2 is 2.27 bits per heavy atom. The summed E-state index contributed by atoms with van der Waals surface area (Å²) in [5.74, 6) is 0.197. The summed E-state index contributed by atoms with van der Waals surface area (Å²) in [4.78, 5) is 18.7. The Labute approximate surface area is 84.9 Å². The van der Waals surface area contributed by atoms with E-state index in [0.717, 1.165) is 0 Å². The number of anilines is 1. The van der Waals surface area contributed by atoms with Crippen molar-refractivity contribution in [3.8, 4) is 11.6 Å². The van der Waals surface area contributed by atoms with Crippen LogP contribution in [0.1, 0.15) is 10.4 Å². The van der Waals surface area contributed by atoms with Crippen LogP contribution in [-0.2, 0) is 0 Å². The van der Waals surface area contributed by atoms with E-state index in [9.17, 15) is 4.79 Å². The van der Waals surface area contributed by atoms with Crippen molar-refractivity contribution in [2.75, 3.05) is 5.73 Å². The van der Waals surface area contributed by atoms with Gasteiger partial charge in [0.2, 0.25) is 0 Å². The van der Waals surface area contributed by atoms with Crippen molar-refractivity contribution >= 4 is 11.7 Å². The van der Waals surface area contributed by atoms with Crippen molar-refractivity contribution < 1.29 is 9.21 Å². The first-order valence-corrected chi connectivity index (χ1v) is 4.14. The van der Waals surface area contributed by atoms with E-state index in [1.165, 1.54) is 12.5 Å². The van der Waals surface area contributed by atoms with Gasteiger partial charge >= 0.3 is 0 Å². The van der Waals surface area contributed by atoms with E-state index in [1.54, 1.807) is 12.1 Å². The fourth-order valence-corrected chi connectivity index (χ4v) is 1.11. The minimum absolute atomic E-state index is 0.0453. The molecule has 0 atom stereocenters. The topological polar surface area (TPSA) is 108 Å². The van der Waals surface area contributed by atoms with Gasteiger partial charge < -0.3 is 15.9 Å². The molecule has 2 aromatic heterocycles. The first-order valence-electron chi connectivity index (χ1n) is 4.14. The second kappa shape index (κ2) is 3.41. The molecule has 6 nitrogen and oxygen atoms in total. The second-order valence-corrected chi connectivity index (χ2v) is 2.83. The molecule has 0 aliphatic rings. The quantitative estimate of drug-likeness (QED) is 0.736. The Hall–Kier alpha value is -2.37. The van der Waals surface area contributed by atoms with Crippen molar-refractivity contribution in [2.45, 2.75) is 0 Å². The van der Waals surface area contributed by atoms with Gasteiger partial charge in [0.1, 0.15) is 5.82 Å². The summed E-state index contributed by atoms with van der Waals surface area (Å²) in [6, 6.07) is 3.40. The number of nitrogens with two attached hydrogens (primary N) is 2. The molecule has 6 heteroatoms. The zero-order valence-electron chi connectivity index (χ0n) is 7.68. The number of hydrogen-bond donors (Lipinski definition) is 2. The average Bonchev–Trinajstić information content (AvgIpc) is 2.69. The van der Waals surface area contributed by atoms with Crippen LogP contribution in [0, 0.1) is 0 Å². The normalized spacial score (nSPS) is 10.1. The maximum atomic E-state index is 10.9. The molecule has 1 amide bonds. The number of aromatic nitrogens is 2. The molecule has 2 heterocycles. The summed E-state index contributed by atoms with van der Waals surface area (Å²) in [5, 5.41) is 0. The standard InChI is InChI=1S/C9H8N4O2/c10-7-5(8(11)14)4-12-9(13-7)6-2-1-3-15-6/h1-4H,(H2,11,14)(H2,10,12,13). The molecule has 0 aliphatic carbocycles. The van der Waals surface area contributed by atoms with E-state index in [4.69, 9.17) is 15.9 Å². The molecule has 2 aromatic rings. The highest BCUT2D eigenvalue weighted by Gasteiger charge is 2.11. The van der Waals surface area contributed by atoms with Crippen LogP contribution in [0.5, 0.6) is 0 Å². The van der Waals surface area contributed by atoms with Gasteiger partial charge in [-0.25, -0.2) is 9.97 Å². The Bertz CT molecular complexity index is 493. The lowest BCUT2D eigenvalue weighted by molar-refractivity contribution is 0.100. The number of carbonyl (C=O) groups is 1. The molecule has 0 saturated heterocycles. The largest absolute Gasteiger partial charge is 0.461 e. The molecule has 0 spiro atoms. The van der Waals surface area contributed by atoms with Crippen molar-refractivity contribution in [1.29, 1.82) is 0 Å². The molecule has 4 N–H and O–H groups in total. The molecule has 0 saturated carbocycles. The van der Waals surface area contributed by atoms with E-state index < -0.39 is 5.91 Å². The molecule has 0 unspecified atom stereocenters. The molecule has 0 aromatic carbocycles. The fourth-order valence-electron chi connectivity index (χ4n) is 1.11. The molecule has 0 fully saturated rings. The summed E-state index contributed by atoms with van der Waals surface area (Å²) in [6.45, 7) is 0. The molecule has 0 radical (unpaired) electrons. The van der Waals surface area contributed by atoms with Crippen molar-refractivity contribution in [3.63, 3.8) is 0 Å². The zero-order chi connectivity index (χ0) is 10.8. The molecule has 0 aliphatic heterocycles. The first-order chi connectivity index (χ1) is 7.18. The van der Waals surface area contributed by atoms with Crippen LogP contribution in [0.15, 0.2) is 29.0 Å². The van der Waals surface area contributed by atoms with Gasteiger partial charge in [0.05, 0.1) is 11.8 Å². The van der Waals surface area contributed by atoms with Gasteiger partial charge in [0.15, 0.2) is 11.6 Å². The number of rotatable bonds is 2. The lowest BCUT2D eigenvalue weighted by atomic mass is 10.3. The van der Waals surface area contributed by atoms with E-state index in [2.05, 4.69) is 9.97 Å². The highest BCUT2D eigenvalue weighted by molar-refractivity contribution is 5.96. The van der Waals surface area contributed by atoms with Crippen LogP contribution in [0.4, 0.5) is 5.82 Å². The van der Waals surface area contributed by atoms with Crippen LogP contribution >= 0.6 is 0 Å². The van der Waals surface area contributed by atoms with E-state index in [-0.39, 0.29) is 11.4 Å². The molecule has 76 valence electrons. The molecule has 15 heavy (non-hydrogen) atoms. The Kier molecular flexibility index (Phi) is 2.09. The van der Waals surface area contributed by atoms with Gasteiger partial charge in [-0.15, -0.1) is 0 Å². The maximum absolute atomic E-state index is 10.9. The third-order valence-corrected chi connectivity index (χ3v) is 1.83. The monoisotopic (exact) mass is 204 g/mol. The van der Waals surface area contributed by atoms with Gasteiger partial charge in [-0.05, 0) is 12.1 Å². The predicted molar refractivity (Wildman–Crippen MR) is 52.7 cm³/mol. The fraction of sp³-hybridized carbons (Fsp3) is 0. The summed E-state index contributed by atoms with van der Waals surface area (Å²) in [7, 11) is 0. The van der Waals surface area contributed by atoms with Crippen molar-refractivity contribution in [2.24, 2.45) is 5.73 Å². The zero-order valence-corrected chi connectivity index (χ0v) is 7.68. The summed E-state index contributed by atoms with van der Waals surface area (Å²) >= 11 is 0. The lowest BCUT2D eigenvalue weighted by Gasteiger charge is -2.01. The van der Waals surface area contributed by atoms with Crippen molar-refractivity contribution in [3.05, 3.63) is 30.2 Å². The number of primary amides is 1. The number of nitrogen functional groups attached to an aromatic ring is 1. The van der Waals surface area contributed by atoms with Crippen LogP contribution in [-0.4, -0.2) is 15.9 Å².